The van der Waals surface area contributed by atoms with Crippen LogP contribution in [0.25, 0.3) is 16.9 Å². The number of aromatic nitrogens is 7. The van der Waals surface area contributed by atoms with Crippen LogP contribution >= 0.6 is 0 Å². The predicted octanol–water partition coefficient (Wildman–Crippen LogP) is 4.65. The minimum absolute atomic E-state index is 0.0212. The van der Waals surface area contributed by atoms with Gasteiger partial charge in [0, 0.05) is 62.3 Å². The number of hydrogen-bond acceptors (Lipinski definition) is 8. The maximum atomic E-state index is 13.3. The molecule has 0 unspecified atom stereocenters. The first-order chi connectivity index (χ1) is 20.2. The number of aryl methyl sites for hydroxylation is 2. The second kappa shape index (κ2) is 11.4. The third-order valence-electron chi connectivity index (χ3n) is 8.19. The third-order valence-corrected chi connectivity index (χ3v) is 8.19. The van der Waals surface area contributed by atoms with E-state index in [1.54, 1.807) is 10.9 Å². The van der Waals surface area contributed by atoms with Crippen LogP contribution in [0.3, 0.4) is 0 Å². The van der Waals surface area contributed by atoms with Gasteiger partial charge >= 0.3 is 0 Å². The molecular formula is C32H41N9O. The lowest BCUT2D eigenvalue weighted by molar-refractivity contribution is 0.0986. The van der Waals surface area contributed by atoms with Gasteiger partial charge in [-0.05, 0) is 70.7 Å². The molecule has 1 saturated heterocycles. The molecule has 0 amide bonds. The van der Waals surface area contributed by atoms with E-state index in [0.717, 1.165) is 84.6 Å². The summed E-state index contributed by atoms with van der Waals surface area (Å²) in [5.74, 6) is -0.0212. The van der Waals surface area contributed by atoms with Crippen molar-refractivity contribution in [2.45, 2.75) is 78.3 Å². The zero-order valence-electron chi connectivity index (χ0n) is 25.4. The molecule has 220 valence electrons. The summed E-state index contributed by atoms with van der Waals surface area (Å²) in [6.07, 6.45) is 12.2. The largest absolute Gasteiger partial charge is 0.368 e. The number of rotatable bonds is 9. The van der Waals surface area contributed by atoms with Crippen molar-refractivity contribution in [3.05, 3.63) is 65.6 Å². The first kappa shape index (κ1) is 28.2. The number of piperazine rings is 1. The summed E-state index contributed by atoms with van der Waals surface area (Å²) in [6, 6.07) is 6.88. The zero-order chi connectivity index (χ0) is 29.4. The molecule has 0 bridgehead atoms. The van der Waals surface area contributed by atoms with Crippen molar-refractivity contribution < 1.29 is 4.79 Å². The van der Waals surface area contributed by atoms with Crippen molar-refractivity contribution >= 4 is 11.5 Å². The summed E-state index contributed by atoms with van der Waals surface area (Å²) < 4.78 is 3.72. The van der Waals surface area contributed by atoms with E-state index in [4.69, 9.17) is 5.10 Å². The first-order valence-electron chi connectivity index (χ1n) is 15.1. The Kier molecular flexibility index (Phi) is 7.66. The van der Waals surface area contributed by atoms with Crippen LogP contribution in [0.5, 0.6) is 0 Å². The maximum absolute atomic E-state index is 13.3. The summed E-state index contributed by atoms with van der Waals surface area (Å²) in [6.45, 7) is 14.6. The van der Waals surface area contributed by atoms with E-state index >= 15 is 0 Å². The quantitative estimate of drug-likeness (QED) is 0.270. The van der Waals surface area contributed by atoms with Gasteiger partial charge in [-0.2, -0.15) is 5.10 Å². The van der Waals surface area contributed by atoms with Crippen molar-refractivity contribution in [1.29, 1.82) is 0 Å². The molecule has 0 N–H and O–H groups in total. The van der Waals surface area contributed by atoms with E-state index in [1.165, 1.54) is 12.8 Å². The van der Waals surface area contributed by atoms with Gasteiger partial charge < -0.3 is 4.90 Å². The van der Waals surface area contributed by atoms with Crippen molar-refractivity contribution in [3.63, 3.8) is 0 Å². The summed E-state index contributed by atoms with van der Waals surface area (Å²) in [5, 5.41) is 13.6. The summed E-state index contributed by atoms with van der Waals surface area (Å²) >= 11 is 0. The molecule has 10 heteroatoms. The SMILES string of the molecule is CCCc1cc(C(=O)Cc2cnc(C)c(-n3cc(-c4cncc(N5CCN(C6CC6)CC5)c4)nn3)c2)nn1C(C)(C)C. The molecule has 2 fully saturated rings. The average molecular weight is 568 g/mol. The van der Waals surface area contributed by atoms with Crippen LogP contribution in [0, 0.1) is 6.92 Å². The van der Waals surface area contributed by atoms with Gasteiger partial charge in [0.2, 0.25) is 0 Å². The monoisotopic (exact) mass is 567 g/mol. The van der Waals surface area contributed by atoms with Crippen molar-refractivity contribution in [3.8, 4) is 16.9 Å². The van der Waals surface area contributed by atoms with E-state index in [1.807, 2.05) is 42.3 Å². The minimum Gasteiger partial charge on any atom is -0.368 e. The Balaban J connectivity index is 1.18. The fourth-order valence-electron chi connectivity index (χ4n) is 5.78. The van der Waals surface area contributed by atoms with Crippen molar-refractivity contribution in [1.82, 2.24) is 39.6 Å². The minimum atomic E-state index is -0.188. The summed E-state index contributed by atoms with van der Waals surface area (Å²) in [7, 11) is 0. The van der Waals surface area contributed by atoms with Gasteiger partial charge in [0.05, 0.1) is 35.0 Å². The lowest BCUT2D eigenvalue weighted by Crippen LogP contribution is -2.47. The number of pyridine rings is 2. The van der Waals surface area contributed by atoms with E-state index in [2.05, 4.69) is 63.8 Å². The standard InChI is InChI=1S/C32H41N9O/c1-6-7-26-17-28(36-41(26)32(3,4)5)31(42)15-23-14-30(22(2)34-18-23)40-21-29(35-37-40)24-16-27(20-33-19-24)39-12-10-38(11-13-39)25-8-9-25/h14,16-21,25H,6-13,15H2,1-5H3. The van der Waals surface area contributed by atoms with Gasteiger partial charge in [-0.15, -0.1) is 5.10 Å². The highest BCUT2D eigenvalue weighted by Crippen LogP contribution is 2.29. The number of Topliss-reactive ketones (excluding diaryl/α,β-unsaturated/α-hetero) is 1. The molecule has 0 radical (unpaired) electrons. The van der Waals surface area contributed by atoms with E-state index < -0.39 is 0 Å². The maximum Gasteiger partial charge on any atom is 0.187 e. The molecule has 2 aliphatic rings. The molecule has 1 aliphatic carbocycles. The Hall–Kier alpha value is -3.92. The van der Waals surface area contributed by atoms with Crippen LogP contribution in [0.4, 0.5) is 5.69 Å². The van der Waals surface area contributed by atoms with Crippen molar-refractivity contribution in [2.24, 2.45) is 0 Å². The normalized spacial score (nSPS) is 16.3. The smallest absolute Gasteiger partial charge is 0.187 e. The Morgan fingerprint density at radius 3 is 2.52 bits per heavy atom. The number of anilines is 1. The zero-order valence-corrected chi connectivity index (χ0v) is 25.4. The molecule has 0 aromatic carbocycles. The number of nitrogens with zero attached hydrogens (tertiary/aromatic N) is 9. The number of carbonyl (C=O) groups is 1. The Bertz CT molecular complexity index is 1570. The highest BCUT2D eigenvalue weighted by atomic mass is 16.1. The molecule has 0 atom stereocenters. The lowest BCUT2D eigenvalue weighted by atomic mass is 10.1. The van der Waals surface area contributed by atoms with E-state index in [0.29, 0.717) is 5.69 Å². The topological polar surface area (TPSA) is 97.9 Å². The van der Waals surface area contributed by atoms with Crippen LogP contribution in [0.2, 0.25) is 0 Å². The van der Waals surface area contributed by atoms with Crippen LogP contribution in [0.1, 0.15) is 74.4 Å². The van der Waals surface area contributed by atoms with Gasteiger partial charge in [0.25, 0.3) is 0 Å². The van der Waals surface area contributed by atoms with Crippen LogP contribution in [-0.4, -0.2) is 77.6 Å². The lowest BCUT2D eigenvalue weighted by Gasteiger charge is -2.36. The molecule has 5 heterocycles. The summed E-state index contributed by atoms with van der Waals surface area (Å²) in [4.78, 5) is 27.4. The second-order valence-corrected chi connectivity index (χ2v) is 12.6. The highest BCUT2D eigenvalue weighted by molar-refractivity contribution is 5.95. The molecule has 4 aromatic heterocycles. The van der Waals surface area contributed by atoms with Crippen molar-refractivity contribution in [2.75, 3.05) is 31.1 Å². The van der Waals surface area contributed by atoms with Gasteiger partial charge in [0.15, 0.2) is 5.78 Å². The second-order valence-electron chi connectivity index (χ2n) is 12.6. The Morgan fingerprint density at radius 1 is 1.02 bits per heavy atom. The van der Waals surface area contributed by atoms with Crippen LogP contribution in [-0.2, 0) is 18.4 Å². The molecule has 6 rings (SSSR count). The number of ketones is 1. The molecule has 42 heavy (non-hydrogen) atoms. The first-order valence-corrected chi connectivity index (χ1v) is 15.1. The van der Waals surface area contributed by atoms with Gasteiger partial charge in [-0.25, -0.2) is 4.68 Å². The molecule has 10 nitrogen and oxygen atoms in total. The van der Waals surface area contributed by atoms with E-state index in [-0.39, 0.29) is 17.7 Å². The highest BCUT2D eigenvalue weighted by Gasteiger charge is 2.31. The van der Waals surface area contributed by atoms with Crippen LogP contribution < -0.4 is 4.90 Å². The van der Waals surface area contributed by atoms with Gasteiger partial charge in [-0.3, -0.25) is 24.3 Å². The molecule has 4 aromatic rings. The molecule has 0 spiro atoms. The fraction of sp³-hybridized carbons (Fsp3) is 0.500. The van der Waals surface area contributed by atoms with Crippen LogP contribution in [0.15, 0.2) is 43.0 Å². The number of carbonyl (C=O) groups excluding carboxylic acids is 1. The molecular weight excluding hydrogens is 526 g/mol. The average Bonchev–Trinajstić information content (AvgIpc) is 3.54. The third kappa shape index (κ3) is 5.99. The molecule has 1 aliphatic heterocycles. The van der Waals surface area contributed by atoms with Gasteiger partial charge in [-0.1, -0.05) is 18.6 Å². The van der Waals surface area contributed by atoms with Gasteiger partial charge in [0.1, 0.15) is 11.4 Å². The van der Waals surface area contributed by atoms with E-state index in [9.17, 15) is 4.79 Å². The Morgan fingerprint density at radius 2 is 1.81 bits per heavy atom. The fourth-order valence-corrected chi connectivity index (χ4v) is 5.78. The summed E-state index contributed by atoms with van der Waals surface area (Å²) in [5.41, 5.74) is 6.62. The Labute approximate surface area is 247 Å². The predicted molar refractivity (Wildman–Crippen MR) is 163 cm³/mol. The molecule has 1 saturated carbocycles. The number of hydrogen-bond donors (Lipinski definition) is 0.